The zero-order chi connectivity index (χ0) is 20.8. The summed E-state index contributed by atoms with van der Waals surface area (Å²) in [7, 11) is 0. The molecule has 5 heteroatoms. The fourth-order valence-electron chi connectivity index (χ4n) is 3.81. The van der Waals surface area contributed by atoms with E-state index in [9.17, 15) is 9.59 Å². The highest BCUT2D eigenvalue weighted by Gasteiger charge is 2.25. The number of nitrogens with one attached hydrogen (secondary N) is 2. The SMILES string of the molecule is Cc1ccccc1C(=O)N[C@H](C(=O)NCCCN1CCc2ccccc21)C(C)C. The van der Waals surface area contributed by atoms with Crippen LogP contribution < -0.4 is 15.5 Å². The molecule has 29 heavy (non-hydrogen) atoms. The van der Waals surface area contributed by atoms with E-state index in [1.54, 1.807) is 6.07 Å². The van der Waals surface area contributed by atoms with Gasteiger partial charge in [-0.05, 0) is 48.9 Å². The van der Waals surface area contributed by atoms with Crippen molar-refractivity contribution >= 4 is 17.5 Å². The third-order valence-corrected chi connectivity index (χ3v) is 5.51. The minimum Gasteiger partial charge on any atom is -0.371 e. The van der Waals surface area contributed by atoms with Gasteiger partial charge in [-0.25, -0.2) is 0 Å². The van der Waals surface area contributed by atoms with Gasteiger partial charge in [0, 0.05) is 30.9 Å². The fraction of sp³-hybridized carbons (Fsp3) is 0.417. The summed E-state index contributed by atoms with van der Waals surface area (Å²) in [4.78, 5) is 27.7. The van der Waals surface area contributed by atoms with Crippen LogP contribution in [-0.2, 0) is 11.2 Å². The summed E-state index contributed by atoms with van der Waals surface area (Å²) in [5.41, 5.74) is 4.22. The van der Waals surface area contributed by atoms with E-state index >= 15 is 0 Å². The largest absolute Gasteiger partial charge is 0.371 e. The van der Waals surface area contributed by atoms with Gasteiger partial charge in [-0.15, -0.1) is 0 Å². The van der Waals surface area contributed by atoms with Crippen molar-refractivity contribution in [2.24, 2.45) is 5.92 Å². The highest BCUT2D eigenvalue weighted by atomic mass is 16.2. The van der Waals surface area contributed by atoms with Crippen LogP contribution in [0.2, 0.25) is 0 Å². The highest BCUT2D eigenvalue weighted by molar-refractivity contribution is 5.98. The Balaban J connectivity index is 1.49. The third kappa shape index (κ3) is 5.17. The molecule has 0 unspecified atom stereocenters. The molecule has 0 spiro atoms. The zero-order valence-electron chi connectivity index (χ0n) is 17.6. The number of hydrogen-bond acceptors (Lipinski definition) is 3. The first-order chi connectivity index (χ1) is 14.0. The van der Waals surface area contributed by atoms with E-state index in [1.165, 1.54) is 11.3 Å². The molecular formula is C24H31N3O2. The number of fused-ring (bicyclic) bond motifs is 1. The molecule has 1 aliphatic heterocycles. The lowest BCUT2D eigenvalue weighted by Gasteiger charge is -2.23. The first-order valence-electron chi connectivity index (χ1n) is 10.4. The van der Waals surface area contributed by atoms with Gasteiger partial charge in [0.25, 0.3) is 5.91 Å². The number of carbonyl (C=O) groups excluding carboxylic acids is 2. The highest BCUT2D eigenvalue weighted by Crippen LogP contribution is 2.27. The van der Waals surface area contributed by atoms with Gasteiger partial charge in [-0.1, -0.05) is 50.2 Å². The molecule has 2 aromatic rings. The van der Waals surface area contributed by atoms with Crippen LogP contribution in [0.25, 0.3) is 0 Å². The van der Waals surface area contributed by atoms with E-state index < -0.39 is 6.04 Å². The minimum absolute atomic E-state index is 0.00780. The van der Waals surface area contributed by atoms with E-state index in [2.05, 4.69) is 39.8 Å². The van der Waals surface area contributed by atoms with E-state index in [0.717, 1.165) is 31.5 Å². The van der Waals surface area contributed by atoms with Gasteiger partial charge < -0.3 is 15.5 Å². The number of anilines is 1. The van der Waals surface area contributed by atoms with E-state index in [0.29, 0.717) is 12.1 Å². The Morgan fingerprint density at radius 1 is 1.07 bits per heavy atom. The average molecular weight is 394 g/mol. The van der Waals surface area contributed by atoms with Crippen molar-refractivity contribution in [3.63, 3.8) is 0 Å². The first kappa shape index (κ1) is 20.9. The summed E-state index contributed by atoms with van der Waals surface area (Å²) in [5, 5.41) is 5.91. The second kappa shape index (κ2) is 9.59. The molecule has 0 fully saturated rings. The summed E-state index contributed by atoms with van der Waals surface area (Å²) < 4.78 is 0. The van der Waals surface area contributed by atoms with Gasteiger partial charge in [-0.2, -0.15) is 0 Å². The molecule has 2 amide bonds. The fourth-order valence-corrected chi connectivity index (χ4v) is 3.81. The Morgan fingerprint density at radius 3 is 2.55 bits per heavy atom. The first-order valence-corrected chi connectivity index (χ1v) is 10.4. The Morgan fingerprint density at radius 2 is 1.79 bits per heavy atom. The number of aryl methyl sites for hydroxylation is 1. The van der Waals surface area contributed by atoms with Crippen LogP contribution in [-0.4, -0.2) is 37.5 Å². The summed E-state index contributed by atoms with van der Waals surface area (Å²) in [6.07, 6.45) is 1.96. The lowest BCUT2D eigenvalue weighted by atomic mass is 10.0. The van der Waals surface area contributed by atoms with Gasteiger partial charge in [-0.3, -0.25) is 9.59 Å². The molecule has 0 bridgehead atoms. The Hall–Kier alpha value is -2.82. The molecule has 0 aliphatic carbocycles. The Kier molecular flexibility index (Phi) is 6.91. The lowest BCUT2D eigenvalue weighted by Crippen LogP contribution is -2.50. The maximum atomic E-state index is 12.7. The molecule has 0 radical (unpaired) electrons. The maximum absolute atomic E-state index is 12.7. The number of para-hydroxylation sites is 1. The molecular weight excluding hydrogens is 362 g/mol. The smallest absolute Gasteiger partial charge is 0.252 e. The molecule has 1 aliphatic rings. The quantitative estimate of drug-likeness (QED) is 0.677. The van der Waals surface area contributed by atoms with Crippen LogP contribution in [0.15, 0.2) is 48.5 Å². The monoisotopic (exact) mass is 393 g/mol. The summed E-state index contributed by atoms with van der Waals surface area (Å²) in [5.74, 6) is -0.317. The van der Waals surface area contributed by atoms with Crippen LogP contribution >= 0.6 is 0 Å². The topological polar surface area (TPSA) is 61.4 Å². The van der Waals surface area contributed by atoms with Crippen molar-refractivity contribution in [3.05, 3.63) is 65.2 Å². The molecule has 0 saturated carbocycles. The number of benzene rings is 2. The van der Waals surface area contributed by atoms with Crippen LogP contribution in [0.1, 0.15) is 41.8 Å². The van der Waals surface area contributed by atoms with Crippen molar-refractivity contribution in [2.45, 2.75) is 39.7 Å². The number of carbonyl (C=O) groups is 2. The summed E-state index contributed by atoms with van der Waals surface area (Å²) in [6.45, 7) is 8.34. The predicted octanol–water partition coefficient (Wildman–Crippen LogP) is 3.32. The minimum atomic E-state index is -0.547. The molecule has 5 nitrogen and oxygen atoms in total. The van der Waals surface area contributed by atoms with Gasteiger partial charge in [0.05, 0.1) is 0 Å². The normalized spacial score (nSPS) is 13.9. The van der Waals surface area contributed by atoms with E-state index in [1.807, 2.05) is 39.0 Å². The van der Waals surface area contributed by atoms with Crippen molar-refractivity contribution in [2.75, 3.05) is 24.5 Å². The van der Waals surface area contributed by atoms with Crippen molar-refractivity contribution in [3.8, 4) is 0 Å². The number of rotatable bonds is 8. The molecule has 3 rings (SSSR count). The molecule has 2 aromatic carbocycles. The van der Waals surface area contributed by atoms with Crippen LogP contribution in [0, 0.1) is 12.8 Å². The number of nitrogens with zero attached hydrogens (tertiary/aromatic N) is 1. The van der Waals surface area contributed by atoms with Crippen LogP contribution in [0.4, 0.5) is 5.69 Å². The van der Waals surface area contributed by atoms with Gasteiger partial charge in [0.15, 0.2) is 0 Å². The van der Waals surface area contributed by atoms with E-state index in [-0.39, 0.29) is 17.7 Å². The summed E-state index contributed by atoms with van der Waals surface area (Å²) in [6, 6.07) is 15.4. The van der Waals surface area contributed by atoms with Crippen LogP contribution in [0.5, 0.6) is 0 Å². The van der Waals surface area contributed by atoms with E-state index in [4.69, 9.17) is 0 Å². The molecule has 2 N–H and O–H groups in total. The van der Waals surface area contributed by atoms with Crippen molar-refractivity contribution in [1.29, 1.82) is 0 Å². The van der Waals surface area contributed by atoms with Gasteiger partial charge in [0.2, 0.25) is 5.91 Å². The number of amides is 2. The molecule has 0 saturated heterocycles. The van der Waals surface area contributed by atoms with Crippen molar-refractivity contribution < 1.29 is 9.59 Å². The van der Waals surface area contributed by atoms with Crippen LogP contribution in [0.3, 0.4) is 0 Å². The maximum Gasteiger partial charge on any atom is 0.252 e. The molecule has 1 atom stereocenters. The van der Waals surface area contributed by atoms with Gasteiger partial charge in [0.1, 0.15) is 6.04 Å². The third-order valence-electron chi connectivity index (χ3n) is 5.51. The second-order valence-electron chi connectivity index (χ2n) is 8.02. The lowest BCUT2D eigenvalue weighted by molar-refractivity contribution is -0.123. The predicted molar refractivity (Wildman–Crippen MR) is 117 cm³/mol. The average Bonchev–Trinajstić information content (AvgIpc) is 3.12. The molecule has 0 aromatic heterocycles. The standard InChI is InChI=1S/C24H31N3O2/c1-17(2)22(26-23(28)20-11-6-4-9-18(20)3)24(29)25-14-8-15-27-16-13-19-10-5-7-12-21(19)27/h4-7,9-12,17,22H,8,13-16H2,1-3H3,(H,25,29)(H,26,28)/t22-/m0/s1. The van der Waals surface area contributed by atoms with Gasteiger partial charge >= 0.3 is 0 Å². The van der Waals surface area contributed by atoms with Crippen molar-refractivity contribution in [1.82, 2.24) is 10.6 Å². The Labute approximate surface area is 173 Å². The summed E-state index contributed by atoms with van der Waals surface area (Å²) >= 11 is 0. The zero-order valence-corrected chi connectivity index (χ0v) is 17.6. The Bertz CT molecular complexity index is 863. The number of hydrogen-bond donors (Lipinski definition) is 2. The molecule has 154 valence electrons. The second-order valence-corrected chi connectivity index (χ2v) is 8.02. The molecule has 1 heterocycles.